The van der Waals surface area contributed by atoms with Crippen LogP contribution < -0.4 is 5.32 Å². The van der Waals surface area contributed by atoms with E-state index in [1.807, 2.05) is 32.9 Å². The third-order valence-corrected chi connectivity index (χ3v) is 5.38. The van der Waals surface area contributed by atoms with E-state index in [2.05, 4.69) is 22.1 Å². The summed E-state index contributed by atoms with van der Waals surface area (Å²) >= 11 is 1.26. The zero-order valence-electron chi connectivity index (χ0n) is 16.7. The number of thioether (sulfide) groups is 1. The first kappa shape index (κ1) is 20.8. The maximum absolute atomic E-state index is 14.2. The summed E-state index contributed by atoms with van der Waals surface area (Å²) in [5.74, 6) is 0.0749. The predicted molar refractivity (Wildman–Crippen MR) is 116 cm³/mol. The van der Waals surface area contributed by atoms with E-state index in [0.29, 0.717) is 23.1 Å². The third-order valence-electron chi connectivity index (χ3n) is 4.42. The van der Waals surface area contributed by atoms with E-state index in [1.165, 1.54) is 17.8 Å². The SMILES string of the molecule is C=CCn1c(SCC(=O)Nc2c(C)cc(C)cc2C)nnc1-c1ccccc1F. The molecule has 0 aliphatic rings. The lowest BCUT2D eigenvalue weighted by molar-refractivity contribution is -0.113. The Labute approximate surface area is 174 Å². The van der Waals surface area contributed by atoms with Crippen LogP contribution in [0.25, 0.3) is 11.4 Å². The second-order valence-corrected chi connectivity index (χ2v) is 7.74. The van der Waals surface area contributed by atoms with Crippen LogP contribution in [0.4, 0.5) is 10.1 Å². The molecule has 0 unspecified atom stereocenters. The molecule has 2 aromatic carbocycles. The van der Waals surface area contributed by atoms with Gasteiger partial charge in [-0.15, -0.1) is 16.8 Å². The van der Waals surface area contributed by atoms with Gasteiger partial charge in [0.1, 0.15) is 5.82 Å². The highest BCUT2D eigenvalue weighted by Gasteiger charge is 2.17. The third kappa shape index (κ3) is 4.74. The van der Waals surface area contributed by atoms with Crippen LogP contribution in [-0.2, 0) is 11.3 Å². The topological polar surface area (TPSA) is 59.8 Å². The zero-order chi connectivity index (χ0) is 21.0. The molecule has 1 heterocycles. The Hall–Kier alpha value is -2.93. The Morgan fingerprint density at radius 1 is 1.21 bits per heavy atom. The van der Waals surface area contributed by atoms with Crippen LogP contribution in [0, 0.1) is 26.6 Å². The number of aromatic nitrogens is 3. The zero-order valence-corrected chi connectivity index (χ0v) is 17.5. The quantitative estimate of drug-likeness (QED) is 0.443. The highest BCUT2D eigenvalue weighted by Crippen LogP contribution is 2.27. The van der Waals surface area contributed by atoms with Crippen LogP contribution in [0.15, 0.2) is 54.2 Å². The molecule has 0 radical (unpaired) electrons. The van der Waals surface area contributed by atoms with Crippen LogP contribution in [0.1, 0.15) is 16.7 Å². The van der Waals surface area contributed by atoms with Crippen LogP contribution in [0.2, 0.25) is 0 Å². The Morgan fingerprint density at radius 3 is 2.55 bits per heavy atom. The molecule has 150 valence electrons. The number of rotatable bonds is 7. The molecule has 0 atom stereocenters. The molecule has 29 heavy (non-hydrogen) atoms. The molecule has 0 spiro atoms. The van der Waals surface area contributed by atoms with Gasteiger partial charge in [0, 0.05) is 12.2 Å². The number of allylic oxidation sites excluding steroid dienone is 1. The van der Waals surface area contributed by atoms with Gasteiger partial charge in [0.05, 0.1) is 11.3 Å². The van der Waals surface area contributed by atoms with Gasteiger partial charge >= 0.3 is 0 Å². The summed E-state index contributed by atoms with van der Waals surface area (Å²) in [6.07, 6.45) is 1.69. The fourth-order valence-electron chi connectivity index (χ4n) is 3.21. The van der Waals surface area contributed by atoms with E-state index in [-0.39, 0.29) is 17.5 Å². The van der Waals surface area contributed by atoms with Crippen molar-refractivity contribution in [1.29, 1.82) is 0 Å². The smallest absolute Gasteiger partial charge is 0.234 e. The van der Waals surface area contributed by atoms with Crippen molar-refractivity contribution in [2.45, 2.75) is 32.5 Å². The van der Waals surface area contributed by atoms with Crippen LogP contribution in [0.5, 0.6) is 0 Å². The monoisotopic (exact) mass is 410 g/mol. The number of benzene rings is 2. The molecule has 0 bridgehead atoms. The van der Waals surface area contributed by atoms with Crippen molar-refractivity contribution in [2.24, 2.45) is 0 Å². The number of halogens is 1. The minimum absolute atomic E-state index is 0.134. The molecule has 0 saturated carbocycles. The molecular weight excluding hydrogens is 387 g/mol. The average Bonchev–Trinajstić information content (AvgIpc) is 3.06. The first-order valence-corrected chi connectivity index (χ1v) is 10.2. The van der Waals surface area contributed by atoms with Crippen molar-refractivity contribution in [3.63, 3.8) is 0 Å². The van der Waals surface area contributed by atoms with Gasteiger partial charge in [-0.2, -0.15) is 0 Å². The Bertz CT molecular complexity index is 1040. The number of hydrogen-bond donors (Lipinski definition) is 1. The predicted octanol–water partition coefficient (Wildman–Crippen LogP) is 4.93. The first-order chi connectivity index (χ1) is 13.9. The second kappa shape index (κ2) is 9.05. The number of carbonyl (C=O) groups excluding carboxylic acids is 1. The van der Waals surface area contributed by atoms with Gasteiger partial charge in [-0.3, -0.25) is 9.36 Å². The second-order valence-electron chi connectivity index (χ2n) is 6.80. The van der Waals surface area contributed by atoms with Crippen molar-refractivity contribution in [3.8, 4) is 11.4 Å². The summed E-state index contributed by atoms with van der Waals surface area (Å²) in [5.41, 5.74) is 4.41. The molecule has 1 N–H and O–H groups in total. The van der Waals surface area contributed by atoms with Crippen molar-refractivity contribution in [2.75, 3.05) is 11.1 Å². The molecule has 5 nitrogen and oxygen atoms in total. The highest BCUT2D eigenvalue weighted by molar-refractivity contribution is 7.99. The Morgan fingerprint density at radius 2 is 1.90 bits per heavy atom. The first-order valence-electron chi connectivity index (χ1n) is 9.20. The van der Waals surface area contributed by atoms with Gasteiger partial charge < -0.3 is 5.32 Å². The molecule has 0 aliphatic carbocycles. The molecule has 3 rings (SSSR count). The van der Waals surface area contributed by atoms with E-state index < -0.39 is 0 Å². The Balaban J connectivity index is 1.76. The number of nitrogens with zero attached hydrogens (tertiary/aromatic N) is 3. The maximum atomic E-state index is 14.2. The molecule has 1 aromatic heterocycles. The van der Waals surface area contributed by atoms with Crippen molar-refractivity contribution in [3.05, 3.63) is 71.6 Å². The van der Waals surface area contributed by atoms with E-state index in [9.17, 15) is 9.18 Å². The van der Waals surface area contributed by atoms with Gasteiger partial charge in [0.15, 0.2) is 11.0 Å². The number of hydrogen-bond acceptors (Lipinski definition) is 4. The number of anilines is 1. The molecule has 0 fully saturated rings. The molecule has 3 aromatic rings. The summed E-state index contributed by atoms with van der Waals surface area (Å²) in [7, 11) is 0. The number of aryl methyl sites for hydroxylation is 3. The van der Waals surface area contributed by atoms with Crippen LogP contribution in [0.3, 0.4) is 0 Å². The van der Waals surface area contributed by atoms with Crippen LogP contribution in [-0.4, -0.2) is 26.4 Å². The van der Waals surface area contributed by atoms with Crippen molar-refractivity contribution < 1.29 is 9.18 Å². The molecule has 1 amide bonds. The van der Waals surface area contributed by atoms with E-state index in [1.54, 1.807) is 28.8 Å². The van der Waals surface area contributed by atoms with Gasteiger partial charge in [-0.25, -0.2) is 4.39 Å². The minimum Gasteiger partial charge on any atom is -0.325 e. The maximum Gasteiger partial charge on any atom is 0.234 e. The summed E-state index contributed by atoms with van der Waals surface area (Å²) in [5, 5.41) is 11.8. The van der Waals surface area contributed by atoms with Crippen LogP contribution >= 0.6 is 11.8 Å². The van der Waals surface area contributed by atoms with E-state index in [0.717, 1.165) is 22.4 Å². The fourth-order valence-corrected chi connectivity index (χ4v) is 3.96. The van der Waals surface area contributed by atoms with Gasteiger partial charge in [-0.05, 0) is 44.0 Å². The summed E-state index contributed by atoms with van der Waals surface area (Å²) in [6.45, 7) is 10.1. The number of amides is 1. The van der Waals surface area contributed by atoms with Crippen molar-refractivity contribution in [1.82, 2.24) is 14.8 Å². The molecule has 0 saturated heterocycles. The number of nitrogens with one attached hydrogen (secondary N) is 1. The lowest BCUT2D eigenvalue weighted by Gasteiger charge is -2.13. The van der Waals surface area contributed by atoms with E-state index in [4.69, 9.17) is 0 Å². The van der Waals surface area contributed by atoms with Gasteiger partial charge in [-0.1, -0.05) is 47.7 Å². The highest BCUT2D eigenvalue weighted by atomic mass is 32.2. The van der Waals surface area contributed by atoms with Crippen molar-refractivity contribution >= 4 is 23.4 Å². The standard InChI is InChI=1S/C22H23FN4OS/c1-5-10-27-21(17-8-6-7-9-18(17)23)25-26-22(27)29-13-19(28)24-20-15(3)11-14(2)12-16(20)4/h5-9,11-12H,1,10,13H2,2-4H3,(H,24,28). The molecular formula is C22H23FN4OS. The lowest BCUT2D eigenvalue weighted by Crippen LogP contribution is -2.16. The lowest BCUT2D eigenvalue weighted by atomic mass is 10.1. The summed E-state index contributed by atoms with van der Waals surface area (Å²) < 4.78 is 15.9. The largest absolute Gasteiger partial charge is 0.325 e. The molecule has 7 heteroatoms. The summed E-state index contributed by atoms with van der Waals surface area (Å²) in [6, 6.07) is 10.5. The summed E-state index contributed by atoms with van der Waals surface area (Å²) in [4.78, 5) is 12.5. The number of carbonyl (C=O) groups is 1. The fraction of sp³-hybridized carbons (Fsp3) is 0.227. The van der Waals surface area contributed by atoms with Gasteiger partial charge in [0.2, 0.25) is 5.91 Å². The normalized spacial score (nSPS) is 10.8. The minimum atomic E-state index is -0.371. The van der Waals surface area contributed by atoms with Gasteiger partial charge in [0.25, 0.3) is 0 Å². The Kier molecular flexibility index (Phi) is 6.49. The molecule has 0 aliphatic heterocycles. The average molecular weight is 411 g/mol. The van der Waals surface area contributed by atoms with E-state index >= 15 is 0 Å².